The highest BCUT2D eigenvalue weighted by atomic mass is 127. The SMILES string of the molecule is CCOC(=O)C1=C(C)N=c2s/c(=C\c3cc(I)c(OCC)c(OC)c3)c(=O)n2[C@H]1c1ccc(C)cc1. The van der Waals surface area contributed by atoms with Gasteiger partial charge < -0.3 is 14.2 Å². The van der Waals surface area contributed by atoms with E-state index in [1.54, 1.807) is 25.5 Å². The normalized spacial score (nSPS) is 15.4. The first-order valence-electron chi connectivity index (χ1n) is 11.6. The van der Waals surface area contributed by atoms with Crippen LogP contribution < -0.4 is 24.4 Å². The summed E-state index contributed by atoms with van der Waals surface area (Å²) < 4.78 is 19.6. The van der Waals surface area contributed by atoms with E-state index < -0.39 is 12.0 Å². The molecule has 2 aromatic carbocycles. The second-order valence-electron chi connectivity index (χ2n) is 8.18. The Balaban J connectivity index is 1.92. The van der Waals surface area contributed by atoms with Crippen LogP contribution in [-0.2, 0) is 9.53 Å². The zero-order valence-electron chi connectivity index (χ0n) is 20.8. The average molecular weight is 618 g/mol. The Morgan fingerprint density at radius 2 is 1.89 bits per heavy atom. The molecule has 1 aromatic heterocycles. The van der Waals surface area contributed by atoms with Gasteiger partial charge in [-0.05, 0) is 79.6 Å². The molecule has 36 heavy (non-hydrogen) atoms. The molecule has 0 fully saturated rings. The van der Waals surface area contributed by atoms with Gasteiger partial charge in [-0.2, -0.15) is 0 Å². The molecule has 0 saturated carbocycles. The number of fused-ring (bicyclic) bond motifs is 1. The summed E-state index contributed by atoms with van der Waals surface area (Å²) >= 11 is 3.49. The number of halogens is 1. The molecule has 0 amide bonds. The molecule has 0 aliphatic carbocycles. The summed E-state index contributed by atoms with van der Waals surface area (Å²) in [4.78, 5) is 31.9. The molecule has 7 nitrogen and oxygen atoms in total. The van der Waals surface area contributed by atoms with Crippen molar-refractivity contribution in [1.29, 1.82) is 0 Å². The third kappa shape index (κ3) is 4.99. The van der Waals surface area contributed by atoms with Crippen molar-refractivity contribution in [1.82, 2.24) is 4.57 Å². The number of carbonyl (C=O) groups excluding carboxylic acids is 1. The minimum absolute atomic E-state index is 0.221. The molecule has 0 radical (unpaired) electrons. The van der Waals surface area contributed by atoms with Gasteiger partial charge in [0, 0.05) is 0 Å². The number of benzene rings is 2. The molecule has 4 rings (SSSR count). The molecule has 2 heterocycles. The van der Waals surface area contributed by atoms with Gasteiger partial charge in [0.25, 0.3) is 5.56 Å². The molecule has 0 bridgehead atoms. The second kappa shape index (κ2) is 11.0. The summed E-state index contributed by atoms with van der Waals surface area (Å²) in [5.41, 5.74) is 3.41. The van der Waals surface area contributed by atoms with Gasteiger partial charge in [-0.1, -0.05) is 41.2 Å². The van der Waals surface area contributed by atoms with Gasteiger partial charge in [-0.25, -0.2) is 9.79 Å². The molecule has 1 aliphatic rings. The fourth-order valence-corrected chi connectivity index (χ4v) is 5.94. The fourth-order valence-electron chi connectivity index (χ4n) is 4.11. The van der Waals surface area contributed by atoms with Gasteiger partial charge in [-0.15, -0.1) is 0 Å². The molecule has 1 aliphatic heterocycles. The van der Waals surface area contributed by atoms with E-state index in [9.17, 15) is 9.59 Å². The standard InChI is InChI=1S/C27H27IN2O5S/c1-6-34-24-19(28)12-17(13-20(24)33-5)14-21-25(31)30-23(18-10-8-15(3)9-11-18)22(26(32)35-7-2)16(4)29-27(30)36-21/h8-14,23H,6-7H2,1-5H3/b21-14-/t23-/m0/s1. The van der Waals surface area contributed by atoms with Crippen LogP contribution in [0.5, 0.6) is 11.5 Å². The van der Waals surface area contributed by atoms with Crippen molar-refractivity contribution in [2.24, 2.45) is 4.99 Å². The van der Waals surface area contributed by atoms with Crippen molar-refractivity contribution in [3.63, 3.8) is 0 Å². The maximum Gasteiger partial charge on any atom is 0.338 e. The topological polar surface area (TPSA) is 79.1 Å². The van der Waals surface area contributed by atoms with E-state index >= 15 is 0 Å². The highest BCUT2D eigenvalue weighted by Gasteiger charge is 2.33. The smallest absolute Gasteiger partial charge is 0.338 e. The Morgan fingerprint density at radius 1 is 1.17 bits per heavy atom. The third-order valence-electron chi connectivity index (χ3n) is 5.75. The number of aryl methyl sites for hydroxylation is 1. The van der Waals surface area contributed by atoms with E-state index in [1.165, 1.54) is 11.3 Å². The molecular weight excluding hydrogens is 591 g/mol. The fraction of sp³-hybridized carbons (Fsp3) is 0.296. The van der Waals surface area contributed by atoms with Crippen LogP contribution >= 0.6 is 33.9 Å². The van der Waals surface area contributed by atoms with Gasteiger partial charge >= 0.3 is 5.97 Å². The van der Waals surface area contributed by atoms with Gasteiger partial charge in [0.2, 0.25) is 0 Å². The van der Waals surface area contributed by atoms with Crippen molar-refractivity contribution >= 4 is 46.0 Å². The first-order valence-corrected chi connectivity index (χ1v) is 13.4. The largest absolute Gasteiger partial charge is 0.493 e. The lowest BCUT2D eigenvalue weighted by atomic mass is 9.95. The average Bonchev–Trinajstić information content (AvgIpc) is 3.14. The molecule has 9 heteroatoms. The molecule has 0 saturated heterocycles. The Labute approximate surface area is 226 Å². The molecule has 188 valence electrons. The molecule has 0 unspecified atom stereocenters. The lowest BCUT2D eigenvalue weighted by molar-refractivity contribution is -0.139. The van der Waals surface area contributed by atoms with Crippen LogP contribution in [0.3, 0.4) is 0 Å². The monoisotopic (exact) mass is 618 g/mol. The number of nitrogens with zero attached hydrogens (tertiary/aromatic N) is 2. The Bertz CT molecular complexity index is 1520. The van der Waals surface area contributed by atoms with Crippen molar-refractivity contribution in [2.45, 2.75) is 33.7 Å². The number of rotatable bonds is 7. The van der Waals surface area contributed by atoms with Crippen LogP contribution in [-0.4, -0.2) is 30.9 Å². The molecule has 0 spiro atoms. The number of ether oxygens (including phenoxy) is 3. The summed E-state index contributed by atoms with van der Waals surface area (Å²) in [6.45, 7) is 8.21. The molecule has 1 atom stereocenters. The summed E-state index contributed by atoms with van der Waals surface area (Å²) in [5.74, 6) is 0.804. The number of carbonyl (C=O) groups is 1. The Morgan fingerprint density at radius 3 is 2.53 bits per heavy atom. The van der Waals surface area contributed by atoms with E-state index in [1.807, 2.05) is 56.3 Å². The van der Waals surface area contributed by atoms with Crippen LogP contribution in [0.4, 0.5) is 0 Å². The number of hydrogen-bond donors (Lipinski definition) is 0. The number of esters is 1. The van der Waals surface area contributed by atoms with Gasteiger partial charge in [0.15, 0.2) is 16.3 Å². The van der Waals surface area contributed by atoms with Crippen molar-refractivity contribution < 1.29 is 19.0 Å². The maximum atomic E-state index is 13.8. The second-order valence-corrected chi connectivity index (χ2v) is 10.4. The van der Waals surface area contributed by atoms with Gasteiger partial charge in [0.1, 0.15) is 0 Å². The van der Waals surface area contributed by atoms with E-state index in [-0.39, 0.29) is 12.2 Å². The highest BCUT2D eigenvalue weighted by Crippen LogP contribution is 2.34. The van der Waals surface area contributed by atoms with E-state index in [4.69, 9.17) is 14.2 Å². The van der Waals surface area contributed by atoms with Crippen molar-refractivity contribution in [3.05, 3.63) is 87.6 Å². The number of allylic oxidation sites excluding steroid dienone is 1. The first-order chi connectivity index (χ1) is 17.3. The van der Waals surface area contributed by atoms with Crippen LogP contribution in [0.1, 0.15) is 43.5 Å². The summed E-state index contributed by atoms with van der Waals surface area (Å²) in [5, 5.41) is 0. The zero-order valence-corrected chi connectivity index (χ0v) is 23.7. The predicted octanol–water partition coefficient (Wildman–Crippen LogP) is 4.12. The molecule has 3 aromatic rings. The van der Waals surface area contributed by atoms with Gasteiger partial charge in [-0.3, -0.25) is 9.36 Å². The van der Waals surface area contributed by atoms with Crippen molar-refractivity contribution in [2.75, 3.05) is 20.3 Å². The molecule has 0 N–H and O–H groups in total. The Hall–Kier alpha value is -2.92. The van der Waals surface area contributed by atoms with Crippen LogP contribution in [0.2, 0.25) is 0 Å². The quantitative estimate of drug-likeness (QED) is 0.294. The van der Waals surface area contributed by atoms with Crippen molar-refractivity contribution in [3.8, 4) is 11.5 Å². The van der Waals surface area contributed by atoms with Crippen LogP contribution in [0.15, 0.2) is 57.5 Å². The number of methoxy groups -OCH3 is 1. The number of thiazole rings is 1. The van der Waals surface area contributed by atoms with Gasteiger partial charge in [0.05, 0.1) is 45.7 Å². The first kappa shape index (κ1) is 26.2. The summed E-state index contributed by atoms with van der Waals surface area (Å²) in [7, 11) is 1.59. The molecular formula is C27H27IN2O5S. The highest BCUT2D eigenvalue weighted by molar-refractivity contribution is 14.1. The Kier molecular flexibility index (Phi) is 7.99. The van der Waals surface area contributed by atoms with E-state index in [0.29, 0.717) is 38.7 Å². The number of hydrogen-bond acceptors (Lipinski definition) is 7. The van der Waals surface area contributed by atoms with E-state index in [0.717, 1.165) is 20.3 Å². The maximum absolute atomic E-state index is 13.8. The minimum Gasteiger partial charge on any atom is -0.493 e. The zero-order chi connectivity index (χ0) is 26.0. The van der Waals surface area contributed by atoms with Crippen LogP contribution in [0.25, 0.3) is 6.08 Å². The van der Waals surface area contributed by atoms with Crippen LogP contribution in [0, 0.1) is 10.5 Å². The summed E-state index contributed by atoms with van der Waals surface area (Å²) in [6.07, 6.45) is 1.82. The lowest BCUT2D eigenvalue weighted by Gasteiger charge is -2.24. The lowest BCUT2D eigenvalue weighted by Crippen LogP contribution is -2.39. The summed E-state index contributed by atoms with van der Waals surface area (Å²) in [6, 6.07) is 11.0. The predicted molar refractivity (Wildman–Crippen MR) is 148 cm³/mol. The number of aromatic nitrogens is 1. The third-order valence-corrected chi connectivity index (χ3v) is 7.53. The minimum atomic E-state index is -0.627. The van der Waals surface area contributed by atoms with E-state index in [2.05, 4.69) is 27.6 Å².